The second-order valence-electron chi connectivity index (χ2n) is 8.34. The third-order valence-corrected chi connectivity index (χ3v) is 5.93. The molecule has 3 rings (SSSR count). The number of nitrogens with one attached hydrogen (secondary N) is 1. The summed E-state index contributed by atoms with van der Waals surface area (Å²) < 4.78 is 13.8. The molecule has 0 bridgehead atoms. The lowest BCUT2D eigenvalue weighted by atomic mass is 9.87. The molecule has 0 aliphatic heterocycles. The maximum Gasteiger partial charge on any atom is 0.356 e. The number of amides is 1. The van der Waals surface area contributed by atoms with Crippen LogP contribution in [0.1, 0.15) is 52.7 Å². The lowest BCUT2D eigenvalue weighted by molar-refractivity contribution is 0.0690. The molecule has 3 aromatic rings. The van der Waals surface area contributed by atoms with Crippen molar-refractivity contribution < 1.29 is 18.9 Å². The molecule has 7 nitrogen and oxygen atoms in total. The van der Waals surface area contributed by atoms with Crippen molar-refractivity contribution >= 4 is 28.4 Å². The number of carboxylic acids is 1. The van der Waals surface area contributed by atoms with E-state index in [1.807, 2.05) is 19.1 Å². The molecule has 1 heterocycles. The van der Waals surface area contributed by atoms with Crippen LogP contribution < -0.4 is 5.32 Å². The van der Waals surface area contributed by atoms with Gasteiger partial charge in [0.2, 0.25) is 0 Å². The minimum atomic E-state index is -1.27. The molecule has 31 heavy (non-hydrogen) atoms. The van der Waals surface area contributed by atoms with Crippen LogP contribution in [0.5, 0.6) is 0 Å². The third-order valence-electron chi connectivity index (χ3n) is 4.95. The molecule has 8 heteroatoms. The fraction of sp³-hybridized carbons (Fsp3) is 0.261. The lowest BCUT2D eigenvalue weighted by Crippen LogP contribution is -2.17. The Morgan fingerprint density at radius 2 is 1.84 bits per heavy atom. The van der Waals surface area contributed by atoms with Gasteiger partial charge in [-0.25, -0.2) is 9.78 Å². The van der Waals surface area contributed by atoms with E-state index in [-0.39, 0.29) is 17.0 Å². The Kier molecular flexibility index (Phi) is 6.13. The Hall–Kier alpha value is -3.26. The van der Waals surface area contributed by atoms with Gasteiger partial charge in [-0.1, -0.05) is 32.9 Å². The van der Waals surface area contributed by atoms with E-state index < -0.39 is 16.8 Å². The van der Waals surface area contributed by atoms with Crippen LogP contribution in [0.15, 0.2) is 53.8 Å². The van der Waals surface area contributed by atoms with Crippen molar-refractivity contribution in [1.29, 1.82) is 0 Å². The second kappa shape index (κ2) is 8.47. The smallest absolute Gasteiger partial charge is 0.356 e. The number of carbonyl (C=O) groups is 2. The molecule has 0 saturated heterocycles. The van der Waals surface area contributed by atoms with Crippen molar-refractivity contribution in [2.24, 2.45) is 0 Å². The summed E-state index contributed by atoms with van der Waals surface area (Å²) in [5.74, 6) is -1.47. The minimum absolute atomic E-state index is 0.0803. The first-order valence-corrected chi connectivity index (χ1v) is 11.2. The van der Waals surface area contributed by atoms with Gasteiger partial charge in [0.05, 0.1) is 27.1 Å². The van der Waals surface area contributed by atoms with E-state index in [2.05, 4.69) is 31.1 Å². The number of anilines is 1. The van der Waals surface area contributed by atoms with Crippen LogP contribution in [-0.4, -0.2) is 37.0 Å². The number of rotatable bonds is 5. The van der Waals surface area contributed by atoms with Crippen molar-refractivity contribution in [3.63, 3.8) is 0 Å². The second-order valence-corrected chi connectivity index (χ2v) is 9.69. The molecule has 0 saturated carbocycles. The van der Waals surface area contributed by atoms with Crippen LogP contribution in [0.25, 0.3) is 5.69 Å². The van der Waals surface area contributed by atoms with E-state index in [1.165, 1.54) is 12.5 Å². The van der Waals surface area contributed by atoms with E-state index in [9.17, 15) is 13.8 Å². The largest absolute Gasteiger partial charge is 0.476 e. The molecule has 0 unspecified atom stereocenters. The quantitative estimate of drug-likeness (QED) is 0.621. The SMILES string of the molecule is Cc1ccc(C(=O)Nc2cc(C(C)(C)C)ccc2[S@](C)=O)cc1-n1cnc(C(=O)O)c1. The molecular weight excluding hydrogens is 414 g/mol. The number of imidazole rings is 1. The number of nitrogens with zero attached hydrogens (tertiary/aromatic N) is 2. The van der Waals surface area contributed by atoms with Crippen molar-refractivity contribution in [1.82, 2.24) is 9.55 Å². The van der Waals surface area contributed by atoms with Crippen molar-refractivity contribution in [3.8, 4) is 5.69 Å². The Bertz CT molecular complexity index is 1190. The Morgan fingerprint density at radius 1 is 1.13 bits per heavy atom. The van der Waals surface area contributed by atoms with E-state index >= 15 is 0 Å². The highest BCUT2D eigenvalue weighted by atomic mass is 32.2. The average molecular weight is 440 g/mol. The van der Waals surface area contributed by atoms with Gasteiger partial charge < -0.3 is 15.0 Å². The van der Waals surface area contributed by atoms with E-state index in [4.69, 9.17) is 5.11 Å². The maximum atomic E-state index is 13.0. The van der Waals surface area contributed by atoms with Crippen molar-refractivity contribution in [2.45, 2.75) is 38.0 Å². The summed E-state index contributed by atoms with van der Waals surface area (Å²) in [4.78, 5) is 28.6. The first kappa shape index (κ1) is 22.4. The van der Waals surface area contributed by atoms with Gasteiger partial charge in [-0.05, 0) is 47.7 Å². The van der Waals surface area contributed by atoms with Gasteiger partial charge in [0.25, 0.3) is 5.91 Å². The zero-order valence-electron chi connectivity index (χ0n) is 18.1. The van der Waals surface area contributed by atoms with Crippen LogP contribution in [0.2, 0.25) is 0 Å². The molecule has 0 spiro atoms. The molecule has 1 amide bonds. The fourth-order valence-electron chi connectivity index (χ4n) is 3.13. The number of aromatic carboxylic acids is 1. The molecule has 2 N–H and O–H groups in total. The minimum Gasteiger partial charge on any atom is -0.476 e. The highest BCUT2D eigenvalue weighted by molar-refractivity contribution is 7.84. The Balaban J connectivity index is 1.97. The molecular formula is C23H25N3O4S. The standard InChI is InChI=1S/C23H25N3O4S/c1-14-6-7-15(10-19(14)26-12-18(22(28)29)24-13-26)21(27)25-17-11-16(23(2,3)4)8-9-20(17)31(5)30/h6-13H,1-5H3,(H,25,27)(H,28,29)/t31-/m0/s1. The molecule has 0 fully saturated rings. The normalized spacial score (nSPS) is 12.4. The number of carboxylic acid groups (broad SMARTS) is 1. The molecule has 1 aromatic heterocycles. The van der Waals surface area contributed by atoms with Gasteiger partial charge in [-0.15, -0.1) is 0 Å². The molecule has 2 aromatic carbocycles. The Morgan fingerprint density at radius 3 is 2.42 bits per heavy atom. The number of hydrogen-bond donors (Lipinski definition) is 2. The number of benzene rings is 2. The topological polar surface area (TPSA) is 101 Å². The first-order chi connectivity index (χ1) is 14.5. The molecule has 0 aliphatic carbocycles. The number of carbonyl (C=O) groups excluding carboxylic acids is 1. The van der Waals surface area contributed by atoms with Crippen LogP contribution in [-0.2, 0) is 16.2 Å². The van der Waals surface area contributed by atoms with Crippen LogP contribution in [0.4, 0.5) is 5.69 Å². The van der Waals surface area contributed by atoms with Gasteiger partial charge >= 0.3 is 5.97 Å². The number of aromatic nitrogens is 2. The summed E-state index contributed by atoms with van der Waals surface area (Å²) in [7, 11) is -1.27. The highest BCUT2D eigenvalue weighted by Gasteiger charge is 2.19. The zero-order chi connectivity index (χ0) is 22.9. The van der Waals surface area contributed by atoms with Gasteiger partial charge in [0.15, 0.2) is 5.69 Å². The number of aryl methyl sites for hydroxylation is 1. The number of hydrogen-bond acceptors (Lipinski definition) is 4. The van der Waals surface area contributed by atoms with E-state index in [0.717, 1.165) is 11.1 Å². The predicted octanol–water partition coefficient (Wildman–Crippen LogP) is 4.17. The summed E-state index contributed by atoms with van der Waals surface area (Å²) in [5, 5.41) is 12.0. The first-order valence-electron chi connectivity index (χ1n) is 9.65. The molecule has 0 aliphatic rings. The Labute approximate surface area is 183 Å². The summed E-state index contributed by atoms with van der Waals surface area (Å²) in [5.41, 5.74) is 3.21. The molecule has 162 valence electrons. The summed E-state index contributed by atoms with van der Waals surface area (Å²) >= 11 is 0. The zero-order valence-corrected chi connectivity index (χ0v) is 18.9. The van der Waals surface area contributed by atoms with Gasteiger partial charge in [0, 0.05) is 18.0 Å². The van der Waals surface area contributed by atoms with Crippen LogP contribution >= 0.6 is 0 Å². The summed E-state index contributed by atoms with van der Waals surface area (Å²) in [6.07, 6.45) is 4.38. The van der Waals surface area contributed by atoms with Crippen molar-refractivity contribution in [2.75, 3.05) is 11.6 Å². The average Bonchev–Trinajstić information content (AvgIpc) is 3.17. The fourth-order valence-corrected chi connectivity index (χ4v) is 3.81. The predicted molar refractivity (Wildman–Crippen MR) is 121 cm³/mol. The van der Waals surface area contributed by atoms with Crippen molar-refractivity contribution in [3.05, 3.63) is 71.3 Å². The van der Waals surface area contributed by atoms with Gasteiger partial charge in [-0.2, -0.15) is 0 Å². The van der Waals surface area contributed by atoms with Crippen LogP contribution in [0, 0.1) is 6.92 Å². The maximum absolute atomic E-state index is 13.0. The summed E-state index contributed by atoms with van der Waals surface area (Å²) in [6, 6.07) is 10.7. The monoisotopic (exact) mass is 439 g/mol. The third kappa shape index (κ3) is 4.91. The highest BCUT2D eigenvalue weighted by Crippen LogP contribution is 2.29. The molecule has 0 radical (unpaired) electrons. The van der Waals surface area contributed by atoms with E-state index in [0.29, 0.717) is 21.8 Å². The van der Waals surface area contributed by atoms with Crippen LogP contribution in [0.3, 0.4) is 0 Å². The lowest BCUT2D eigenvalue weighted by Gasteiger charge is -2.21. The molecule has 1 atom stereocenters. The van der Waals surface area contributed by atoms with Gasteiger partial charge in [-0.3, -0.25) is 9.00 Å². The van der Waals surface area contributed by atoms with E-state index in [1.54, 1.807) is 35.1 Å². The van der Waals surface area contributed by atoms with Gasteiger partial charge in [0.1, 0.15) is 6.33 Å². The summed E-state index contributed by atoms with van der Waals surface area (Å²) in [6.45, 7) is 8.07.